The number of nitrogens with one attached hydrogen (secondary N) is 1. The summed E-state index contributed by atoms with van der Waals surface area (Å²) in [6, 6.07) is 4.27. The number of hydrogen-bond donors (Lipinski definition) is 2. The first-order chi connectivity index (χ1) is 10.1. The van der Waals surface area contributed by atoms with E-state index >= 15 is 0 Å². The molecule has 0 aliphatic heterocycles. The van der Waals surface area contributed by atoms with Crippen molar-refractivity contribution in [3.63, 3.8) is 0 Å². The number of carbonyl (C=O) groups excluding carboxylic acids is 1. The van der Waals surface area contributed by atoms with Gasteiger partial charge in [0.25, 0.3) is 11.6 Å². The van der Waals surface area contributed by atoms with Crippen LogP contribution in [0.2, 0.25) is 0 Å². The van der Waals surface area contributed by atoms with Crippen molar-refractivity contribution in [2.24, 2.45) is 11.3 Å². The lowest BCUT2D eigenvalue weighted by atomic mass is 9.80. The zero-order valence-corrected chi connectivity index (χ0v) is 13.7. The first-order valence-electron chi connectivity index (χ1n) is 7.27. The van der Waals surface area contributed by atoms with Gasteiger partial charge in [-0.25, -0.2) is 0 Å². The van der Waals surface area contributed by atoms with E-state index in [2.05, 4.69) is 5.32 Å². The van der Waals surface area contributed by atoms with Crippen molar-refractivity contribution in [1.82, 2.24) is 5.32 Å². The summed E-state index contributed by atoms with van der Waals surface area (Å²) in [6.07, 6.45) is -0.536. The highest BCUT2D eigenvalue weighted by molar-refractivity contribution is 5.94. The zero-order valence-electron chi connectivity index (χ0n) is 13.7. The van der Waals surface area contributed by atoms with Gasteiger partial charge in [0.05, 0.1) is 11.0 Å². The highest BCUT2D eigenvalue weighted by Gasteiger charge is 2.30. The normalized spacial score (nSPS) is 13.0. The number of rotatable bonds is 6. The number of aliphatic hydroxyl groups is 1. The summed E-state index contributed by atoms with van der Waals surface area (Å²) in [5, 5.41) is 23.7. The van der Waals surface area contributed by atoms with Crippen LogP contribution in [0.3, 0.4) is 0 Å². The van der Waals surface area contributed by atoms with Crippen molar-refractivity contribution < 1.29 is 14.8 Å². The Morgan fingerprint density at radius 2 is 2.00 bits per heavy atom. The van der Waals surface area contributed by atoms with Gasteiger partial charge in [0.2, 0.25) is 0 Å². The monoisotopic (exact) mass is 308 g/mol. The van der Waals surface area contributed by atoms with E-state index in [4.69, 9.17) is 0 Å². The molecule has 6 nitrogen and oxygen atoms in total. The smallest absolute Gasteiger partial charge is 0.272 e. The summed E-state index contributed by atoms with van der Waals surface area (Å²) in [7, 11) is 0. The summed E-state index contributed by atoms with van der Waals surface area (Å²) < 4.78 is 0. The van der Waals surface area contributed by atoms with Gasteiger partial charge in [0.15, 0.2) is 0 Å². The van der Waals surface area contributed by atoms with Crippen molar-refractivity contribution in [2.75, 3.05) is 6.54 Å². The van der Waals surface area contributed by atoms with Crippen LogP contribution in [0.15, 0.2) is 18.2 Å². The first kappa shape index (κ1) is 18.1. The highest BCUT2D eigenvalue weighted by Crippen LogP contribution is 2.25. The third-order valence-corrected chi connectivity index (χ3v) is 3.79. The maximum absolute atomic E-state index is 12.2. The van der Waals surface area contributed by atoms with Gasteiger partial charge in [0, 0.05) is 29.2 Å². The number of carbonyl (C=O) groups is 1. The molecule has 6 heteroatoms. The minimum atomic E-state index is -0.536. The summed E-state index contributed by atoms with van der Waals surface area (Å²) >= 11 is 0. The van der Waals surface area contributed by atoms with Gasteiger partial charge >= 0.3 is 0 Å². The van der Waals surface area contributed by atoms with E-state index in [0.717, 1.165) is 0 Å². The number of hydrogen-bond acceptors (Lipinski definition) is 4. The van der Waals surface area contributed by atoms with Crippen LogP contribution in [0.5, 0.6) is 0 Å². The predicted molar refractivity (Wildman–Crippen MR) is 84.8 cm³/mol. The largest absolute Gasteiger partial charge is 0.392 e. The zero-order chi connectivity index (χ0) is 17.1. The van der Waals surface area contributed by atoms with E-state index in [0.29, 0.717) is 17.7 Å². The van der Waals surface area contributed by atoms with Crippen LogP contribution in [0.25, 0.3) is 0 Å². The topological polar surface area (TPSA) is 92.5 Å². The molecule has 1 amide bonds. The van der Waals surface area contributed by atoms with Gasteiger partial charge in [-0.1, -0.05) is 27.7 Å². The molecule has 22 heavy (non-hydrogen) atoms. The number of nitrogens with zero attached hydrogens (tertiary/aromatic N) is 1. The standard InChI is InChI=1S/C16H24N2O4/c1-10(2)14(19)16(4,5)9-17-15(20)12-6-7-13(18(21)22)11(3)8-12/h6-8,10,14,19H,9H2,1-5H3,(H,17,20). The van der Waals surface area contributed by atoms with Crippen LogP contribution in [-0.4, -0.2) is 28.6 Å². The second-order valence-corrected chi connectivity index (χ2v) is 6.62. The van der Waals surface area contributed by atoms with Crippen molar-refractivity contribution in [1.29, 1.82) is 0 Å². The Balaban J connectivity index is 2.78. The van der Waals surface area contributed by atoms with Crippen LogP contribution in [0, 0.1) is 28.4 Å². The molecule has 1 atom stereocenters. The van der Waals surface area contributed by atoms with Crippen molar-refractivity contribution >= 4 is 11.6 Å². The Morgan fingerprint density at radius 1 is 1.41 bits per heavy atom. The lowest BCUT2D eigenvalue weighted by molar-refractivity contribution is -0.385. The van der Waals surface area contributed by atoms with E-state index < -0.39 is 16.4 Å². The van der Waals surface area contributed by atoms with E-state index in [1.807, 2.05) is 27.7 Å². The number of aliphatic hydroxyl groups excluding tert-OH is 1. The van der Waals surface area contributed by atoms with Crippen LogP contribution in [0.1, 0.15) is 43.6 Å². The average molecular weight is 308 g/mol. The van der Waals surface area contributed by atoms with E-state index in [1.165, 1.54) is 18.2 Å². The second-order valence-electron chi connectivity index (χ2n) is 6.62. The summed E-state index contributed by atoms with van der Waals surface area (Å²) in [4.78, 5) is 22.5. The quantitative estimate of drug-likeness (QED) is 0.624. The molecule has 0 fully saturated rings. The molecule has 1 aromatic rings. The maximum atomic E-state index is 12.2. The van der Waals surface area contributed by atoms with Crippen LogP contribution in [-0.2, 0) is 0 Å². The Bertz CT molecular complexity index is 567. The number of benzene rings is 1. The molecule has 0 spiro atoms. The Labute approximate surface area is 130 Å². The predicted octanol–water partition coefficient (Wildman–Crippen LogP) is 2.68. The van der Waals surface area contributed by atoms with E-state index in [-0.39, 0.29) is 17.5 Å². The molecule has 0 saturated carbocycles. The molecule has 0 aromatic heterocycles. The fourth-order valence-electron chi connectivity index (χ4n) is 2.42. The third-order valence-electron chi connectivity index (χ3n) is 3.79. The van der Waals surface area contributed by atoms with Gasteiger partial charge in [-0.2, -0.15) is 0 Å². The van der Waals surface area contributed by atoms with Crippen molar-refractivity contribution in [3.8, 4) is 0 Å². The van der Waals surface area contributed by atoms with Crippen LogP contribution >= 0.6 is 0 Å². The molecular weight excluding hydrogens is 284 g/mol. The Morgan fingerprint density at radius 3 is 2.45 bits per heavy atom. The van der Waals surface area contributed by atoms with Crippen LogP contribution < -0.4 is 5.32 Å². The second kappa shape index (κ2) is 6.87. The third kappa shape index (κ3) is 4.27. The van der Waals surface area contributed by atoms with E-state index in [9.17, 15) is 20.0 Å². The fourth-order valence-corrected chi connectivity index (χ4v) is 2.42. The summed E-state index contributed by atoms with van der Waals surface area (Å²) in [6.45, 7) is 9.54. The van der Waals surface area contributed by atoms with Crippen LogP contribution in [0.4, 0.5) is 5.69 Å². The molecular formula is C16H24N2O4. The molecule has 1 aromatic carbocycles. The lowest BCUT2D eigenvalue weighted by Crippen LogP contribution is -2.43. The molecule has 1 unspecified atom stereocenters. The molecule has 122 valence electrons. The highest BCUT2D eigenvalue weighted by atomic mass is 16.6. The molecule has 0 radical (unpaired) electrons. The SMILES string of the molecule is Cc1cc(C(=O)NCC(C)(C)C(O)C(C)C)ccc1[N+](=O)[O-]. The van der Waals surface area contributed by atoms with Gasteiger partial charge < -0.3 is 10.4 Å². The molecule has 0 bridgehead atoms. The average Bonchev–Trinajstić information content (AvgIpc) is 2.43. The van der Waals surface area contributed by atoms with Crippen molar-refractivity contribution in [2.45, 2.75) is 40.7 Å². The van der Waals surface area contributed by atoms with Gasteiger partial charge in [-0.15, -0.1) is 0 Å². The van der Waals surface area contributed by atoms with Gasteiger partial charge in [0.1, 0.15) is 0 Å². The minimum Gasteiger partial charge on any atom is -0.392 e. The molecule has 0 saturated heterocycles. The molecule has 0 aliphatic carbocycles. The fraction of sp³-hybridized carbons (Fsp3) is 0.562. The number of nitro groups is 1. The lowest BCUT2D eigenvalue weighted by Gasteiger charge is -2.33. The van der Waals surface area contributed by atoms with E-state index in [1.54, 1.807) is 6.92 Å². The number of aryl methyl sites for hydroxylation is 1. The summed E-state index contributed by atoms with van der Waals surface area (Å²) in [5.74, 6) is -0.212. The minimum absolute atomic E-state index is 0.00731. The number of nitro benzene ring substituents is 1. The van der Waals surface area contributed by atoms with Gasteiger partial charge in [-0.05, 0) is 25.0 Å². The molecule has 0 heterocycles. The molecule has 1 rings (SSSR count). The number of amides is 1. The maximum Gasteiger partial charge on any atom is 0.272 e. The summed E-state index contributed by atoms with van der Waals surface area (Å²) in [5.41, 5.74) is 0.351. The van der Waals surface area contributed by atoms with Crippen molar-refractivity contribution in [3.05, 3.63) is 39.4 Å². The Hall–Kier alpha value is -1.95. The molecule has 2 N–H and O–H groups in total. The van der Waals surface area contributed by atoms with Gasteiger partial charge in [-0.3, -0.25) is 14.9 Å². The first-order valence-corrected chi connectivity index (χ1v) is 7.27. The Kier molecular flexibility index (Phi) is 5.65. The molecule has 0 aliphatic rings.